The summed E-state index contributed by atoms with van der Waals surface area (Å²) in [7, 11) is 0. The van der Waals surface area contributed by atoms with Crippen LogP contribution in [0, 0.1) is 5.82 Å². The minimum Gasteiger partial charge on any atom is -0.494 e. The molecule has 1 aromatic heterocycles. The standard InChI is InChI=1S/C18H14FNO3/c1-2-22-13-9-7-12(8-10-13)16-11-17(21)23-18(20-16)14-5-3-4-6-15(14)19/h3-11H,2H2,1H3. The lowest BCUT2D eigenvalue weighted by Crippen LogP contribution is -2.02. The molecule has 0 bridgehead atoms. The van der Waals surface area contributed by atoms with Crippen LogP contribution in [0.3, 0.4) is 0 Å². The topological polar surface area (TPSA) is 52.3 Å². The number of ether oxygens (including phenoxy) is 1. The number of halogens is 1. The molecule has 0 radical (unpaired) electrons. The summed E-state index contributed by atoms with van der Waals surface area (Å²) >= 11 is 0. The van der Waals surface area contributed by atoms with E-state index in [9.17, 15) is 9.18 Å². The molecule has 0 saturated carbocycles. The molecule has 0 atom stereocenters. The summed E-state index contributed by atoms with van der Waals surface area (Å²) in [4.78, 5) is 16.0. The van der Waals surface area contributed by atoms with Gasteiger partial charge in [-0.2, -0.15) is 0 Å². The van der Waals surface area contributed by atoms with E-state index in [4.69, 9.17) is 9.15 Å². The molecule has 3 rings (SSSR count). The lowest BCUT2D eigenvalue weighted by molar-refractivity contribution is 0.340. The molecule has 0 amide bonds. The van der Waals surface area contributed by atoms with E-state index in [-0.39, 0.29) is 11.5 Å². The molecule has 2 aromatic carbocycles. The van der Waals surface area contributed by atoms with Gasteiger partial charge in [-0.15, -0.1) is 0 Å². The van der Waals surface area contributed by atoms with E-state index < -0.39 is 11.4 Å². The van der Waals surface area contributed by atoms with Crippen molar-refractivity contribution in [2.24, 2.45) is 0 Å². The molecule has 4 nitrogen and oxygen atoms in total. The van der Waals surface area contributed by atoms with Gasteiger partial charge >= 0.3 is 5.63 Å². The highest BCUT2D eigenvalue weighted by Crippen LogP contribution is 2.24. The fourth-order valence-electron chi connectivity index (χ4n) is 2.19. The highest BCUT2D eigenvalue weighted by atomic mass is 19.1. The molecule has 0 fully saturated rings. The molecule has 3 aromatic rings. The van der Waals surface area contributed by atoms with Gasteiger partial charge in [-0.3, -0.25) is 0 Å². The van der Waals surface area contributed by atoms with Crippen molar-refractivity contribution in [3.63, 3.8) is 0 Å². The molecule has 0 spiro atoms. The Morgan fingerprint density at radius 2 is 1.87 bits per heavy atom. The number of hydrogen-bond acceptors (Lipinski definition) is 4. The molecule has 1 heterocycles. The predicted octanol–water partition coefficient (Wildman–Crippen LogP) is 3.91. The number of rotatable bonds is 4. The van der Waals surface area contributed by atoms with Crippen molar-refractivity contribution in [2.45, 2.75) is 6.92 Å². The van der Waals surface area contributed by atoms with Crippen LogP contribution in [0.5, 0.6) is 5.75 Å². The largest absolute Gasteiger partial charge is 0.494 e. The van der Waals surface area contributed by atoms with Crippen LogP contribution < -0.4 is 10.4 Å². The average Bonchev–Trinajstić information content (AvgIpc) is 2.56. The third kappa shape index (κ3) is 3.29. The van der Waals surface area contributed by atoms with Gasteiger partial charge in [0, 0.05) is 5.56 Å². The Morgan fingerprint density at radius 1 is 1.13 bits per heavy atom. The van der Waals surface area contributed by atoms with Gasteiger partial charge in [0.25, 0.3) is 0 Å². The molecule has 0 aliphatic rings. The summed E-state index contributed by atoms with van der Waals surface area (Å²) in [6.45, 7) is 2.47. The quantitative estimate of drug-likeness (QED) is 0.733. The van der Waals surface area contributed by atoms with E-state index in [1.807, 2.05) is 6.92 Å². The molecule has 23 heavy (non-hydrogen) atoms. The first-order valence-corrected chi connectivity index (χ1v) is 7.17. The van der Waals surface area contributed by atoms with Gasteiger partial charge in [0.2, 0.25) is 5.89 Å². The summed E-state index contributed by atoms with van der Waals surface area (Å²) in [5.74, 6) is 0.194. The summed E-state index contributed by atoms with van der Waals surface area (Å²) in [5, 5.41) is 0. The Balaban J connectivity index is 2.04. The van der Waals surface area contributed by atoms with E-state index in [1.165, 1.54) is 18.2 Å². The Morgan fingerprint density at radius 3 is 2.57 bits per heavy atom. The van der Waals surface area contributed by atoms with E-state index in [0.29, 0.717) is 12.3 Å². The van der Waals surface area contributed by atoms with Crippen molar-refractivity contribution in [2.75, 3.05) is 6.61 Å². The van der Waals surface area contributed by atoms with Gasteiger partial charge < -0.3 is 9.15 Å². The maximum absolute atomic E-state index is 13.9. The number of aromatic nitrogens is 1. The van der Waals surface area contributed by atoms with Crippen LogP contribution in [0.15, 0.2) is 63.8 Å². The highest BCUT2D eigenvalue weighted by Gasteiger charge is 2.12. The highest BCUT2D eigenvalue weighted by molar-refractivity contribution is 5.63. The Kier molecular flexibility index (Phi) is 4.19. The zero-order valence-corrected chi connectivity index (χ0v) is 12.5. The lowest BCUT2D eigenvalue weighted by Gasteiger charge is -2.06. The molecular weight excluding hydrogens is 297 g/mol. The number of hydrogen-bond donors (Lipinski definition) is 0. The second kappa shape index (κ2) is 6.44. The first kappa shape index (κ1) is 15.0. The first-order chi connectivity index (χ1) is 11.2. The van der Waals surface area contributed by atoms with Crippen LogP contribution >= 0.6 is 0 Å². The molecule has 0 aliphatic carbocycles. The summed E-state index contributed by atoms with van der Waals surface area (Å²) in [5.41, 5.74) is 0.709. The van der Waals surface area contributed by atoms with E-state index in [2.05, 4.69) is 4.98 Å². The summed E-state index contributed by atoms with van der Waals surface area (Å²) in [6, 6.07) is 14.5. The minimum absolute atomic E-state index is 0.0421. The summed E-state index contributed by atoms with van der Waals surface area (Å²) in [6.07, 6.45) is 0. The minimum atomic E-state index is -0.581. The molecule has 116 valence electrons. The maximum atomic E-state index is 13.9. The Hall–Kier alpha value is -2.95. The van der Waals surface area contributed by atoms with Crippen LogP contribution in [0.2, 0.25) is 0 Å². The molecule has 0 saturated heterocycles. The first-order valence-electron chi connectivity index (χ1n) is 7.17. The van der Waals surface area contributed by atoms with Gasteiger partial charge in [-0.05, 0) is 43.3 Å². The Labute approximate surface area is 132 Å². The van der Waals surface area contributed by atoms with Gasteiger partial charge in [-0.25, -0.2) is 14.2 Å². The summed E-state index contributed by atoms with van der Waals surface area (Å²) < 4.78 is 24.3. The zero-order valence-electron chi connectivity index (χ0n) is 12.5. The maximum Gasteiger partial charge on any atom is 0.339 e. The SMILES string of the molecule is CCOc1ccc(-c2cc(=O)oc(-c3ccccc3F)n2)cc1. The second-order valence-corrected chi connectivity index (χ2v) is 4.80. The zero-order chi connectivity index (χ0) is 16.2. The van der Waals surface area contributed by atoms with Crippen LogP contribution in [0.4, 0.5) is 4.39 Å². The van der Waals surface area contributed by atoms with Crippen LogP contribution in [-0.4, -0.2) is 11.6 Å². The van der Waals surface area contributed by atoms with E-state index >= 15 is 0 Å². The monoisotopic (exact) mass is 311 g/mol. The van der Waals surface area contributed by atoms with Crippen molar-refractivity contribution in [1.29, 1.82) is 0 Å². The van der Waals surface area contributed by atoms with Crippen molar-refractivity contribution in [3.05, 3.63) is 70.8 Å². The Bertz CT molecular complexity index is 872. The molecular formula is C18H14FNO3. The van der Waals surface area contributed by atoms with Gasteiger partial charge in [0.1, 0.15) is 11.6 Å². The smallest absolute Gasteiger partial charge is 0.339 e. The number of benzene rings is 2. The van der Waals surface area contributed by atoms with Crippen LogP contribution in [0.1, 0.15) is 6.92 Å². The second-order valence-electron chi connectivity index (χ2n) is 4.80. The van der Waals surface area contributed by atoms with Crippen molar-refractivity contribution < 1.29 is 13.5 Å². The van der Waals surface area contributed by atoms with Gasteiger partial charge in [0.15, 0.2) is 0 Å². The normalized spacial score (nSPS) is 10.5. The fourth-order valence-corrected chi connectivity index (χ4v) is 2.19. The predicted molar refractivity (Wildman–Crippen MR) is 84.8 cm³/mol. The molecule has 0 unspecified atom stereocenters. The molecule has 5 heteroatoms. The third-order valence-electron chi connectivity index (χ3n) is 3.24. The average molecular weight is 311 g/mol. The van der Waals surface area contributed by atoms with Crippen molar-refractivity contribution >= 4 is 0 Å². The van der Waals surface area contributed by atoms with Crippen LogP contribution in [0.25, 0.3) is 22.7 Å². The molecule has 0 N–H and O–H groups in total. The van der Waals surface area contributed by atoms with Crippen molar-refractivity contribution in [3.8, 4) is 28.5 Å². The van der Waals surface area contributed by atoms with E-state index in [0.717, 1.165) is 11.3 Å². The van der Waals surface area contributed by atoms with Gasteiger partial charge in [0.05, 0.1) is 23.9 Å². The molecule has 0 aliphatic heterocycles. The fraction of sp³-hybridized carbons (Fsp3) is 0.111. The van der Waals surface area contributed by atoms with Crippen LogP contribution in [-0.2, 0) is 0 Å². The third-order valence-corrected chi connectivity index (χ3v) is 3.24. The van der Waals surface area contributed by atoms with Crippen molar-refractivity contribution in [1.82, 2.24) is 4.98 Å². The number of nitrogens with zero attached hydrogens (tertiary/aromatic N) is 1. The lowest BCUT2D eigenvalue weighted by atomic mass is 10.1. The van der Waals surface area contributed by atoms with Gasteiger partial charge in [-0.1, -0.05) is 12.1 Å². The van der Waals surface area contributed by atoms with E-state index in [1.54, 1.807) is 36.4 Å².